The van der Waals surface area contributed by atoms with Gasteiger partial charge in [-0.3, -0.25) is 9.59 Å². The van der Waals surface area contributed by atoms with E-state index in [2.05, 4.69) is 0 Å². The first kappa shape index (κ1) is 20.5. The molecule has 1 amide bonds. The third-order valence-corrected chi connectivity index (χ3v) is 4.95. The van der Waals surface area contributed by atoms with E-state index in [4.69, 9.17) is 4.74 Å². The van der Waals surface area contributed by atoms with Crippen LogP contribution in [0.4, 0.5) is 0 Å². The fourth-order valence-electron chi connectivity index (χ4n) is 3.54. The van der Waals surface area contributed by atoms with E-state index in [9.17, 15) is 19.8 Å². The van der Waals surface area contributed by atoms with Crippen LogP contribution < -0.4 is 4.74 Å². The molecule has 29 heavy (non-hydrogen) atoms. The molecule has 1 fully saturated rings. The van der Waals surface area contributed by atoms with Crippen molar-refractivity contribution in [1.82, 2.24) is 4.90 Å². The van der Waals surface area contributed by atoms with E-state index < -0.39 is 17.7 Å². The molecule has 1 aliphatic heterocycles. The first-order valence-corrected chi connectivity index (χ1v) is 9.47. The Morgan fingerprint density at radius 1 is 1.14 bits per heavy atom. The third kappa shape index (κ3) is 3.83. The summed E-state index contributed by atoms with van der Waals surface area (Å²) in [5.41, 5.74) is 2.09. The van der Waals surface area contributed by atoms with E-state index in [1.54, 1.807) is 24.3 Å². The van der Waals surface area contributed by atoms with Crippen LogP contribution in [0.1, 0.15) is 36.6 Å². The van der Waals surface area contributed by atoms with Gasteiger partial charge in [-0.15, -0.1) is 0 Å². The minimum Gasteiger partial charge on any atom is -0.507 e. The van der Waals surface area contributed by atoms with Gasteiger partial charge in [0.15, 0.2) is 11.5 Å². The van der Waals surface area contributed by atoms with Crippen LogP contribution in [0.3, 0.4) is 0 Å². The van der Waals surface area contributed by atoms with Crippen LogP contribution in [0.5, 0.6) is 11.5 Å². The Hall–Kier alpha value is -3.28. The van der Waals surface area contributed by atoms with Crippen molar-refractivity contribution in [3.63, 3.8) is 0 Å². The van der Waals surface area contributed by atoms with Crippen molar-refractivity contribution in [3.05, 3.63) is 64.7 Å². The van der Waals surface area contributed by atoms with Crippen LogP contribution in [0.15, 0.2) is 48.0 Å². The first-order chi connectivity index (χ1) is 13.7. The van der Waals surface area contributed by atoms with Crippen LogP contribution in [0.2, 0.25) is 0 Å². The van der Waals surface area contributed by atoms with Crippen molar-refractivity contribution in [3.8, 4) is 11.5 Å². The lowest BCUT2D eigenvalue weighted by molar-refractivity contribution is -0.140. The lowest BCUT2D eigenvalue weighted by Crippen LogP contribution is -2.33. The molecule has 0 radical (unpaired) electrons. The van der Waals surface area contributed by atoms with Crippen LogP contribution >= 0.6 is 0 Å². The number of aliphatic hydroxyl groups is 1. The zero-order chi connectivity index (χ0) is 21.3. The van der Waals surface area contributed by atoms with Gasteiger partial charge in [0.05, 0.1) is 18.7 Å². The molecule has 1 aliphatic rings. The molecule has 1 saturated heterocycles. The van der Waals surface area contributed by atoms with E-state index in [0.29, 0.717) is 17.7 Å². The molecular formula is C23H25NO5. The monoisotopic (exact) mass is 395 g/mol. The number of methoxy groups -OCH3 is 1. The number of hydrogen-bond acceptors (Lipinski definition) is 5. The third-order valence-electron chi connectivity index (χ3n) is 4.95. The molecule has 1 heterocycles. The van der Waals surface area contributed by atoms with Crippen molar-refractivity contribution >= 4 is 17.4 Å². The molecule has 2 N–H and O–H groups in total. The quantitative estimate of drug-likeness (QED) is 0.457. The molecule has 0 saturated carbocycles. The number of phenols is 1. The van der Waals surface area contributed by atoms with E-state index in [-0.39, 0.29) is 28.7 Å². The Bertz CT molecular complexity index is 975. The summed E-state index contributed by atoms with van der Waals surface area (Å²) in [6.07, 6.45) is 0. The topological polar surface area (TPSA) is 87.1 Å². The predicted molar refractivity (Wildman–Crippen MR) is 110 cm³/mol. The Balaban J connectivity index is 2.21. The van der Waals surface area contributed by atoms with E-state index in [1.165, 1.54) is 18.1 Å². The molecule has 2 aromatic carbocycles. The largest absolute Gasteiger partial charge is 0.507 e. The molecule has 6 nitrogen and oxygen atoms in total. The number of likely N-dealkylation sites (tertiary alicyclic amines) is 1. The number of carbonyl (C=O) groups excluding carboxylic acids is 2. The summed E-state index contributed by atoms with van der Waals surface area (Å²) in [5, 5.41) is 20.9. The number of benzene rings is 2. The Labute approximate surface area is 170 Å². The summed E-state index contributed by atoms with van der Waals surface area (Å²) in [6, 6.07) is 11.0. The highest BCUT2D eigenvalue weighted by molar-refractivity contribution is 6.46. The molecule has 2 aromatic rings. The van der Waals surface area contributed by atoms with Crippen molar-refractivity contribution < 1.29 is 24.5 Å². The highest BCUT2D eigenvalue weighted by Gasteiger charge is 2.46. The van der Waals surface area contributed by atoms with Gasteiger partial charge in [0.2, 0.25) is 0 Å². The van der Waals surface area contributed by atoms with Crippen LogP contribution in [0.25, 0.3) is 5.76 Å². The van der Waals surface area contributed by atoms with E-state index in [1.807, 2.05) is 32.9 Å². The number of ether oxygens (including phenoxy) is 1. The number of Topliss-reactive ketones (excluding diaryl/α,β-unsaturated/α-hetero) is 1. The van der Waals surface area contributed by atoms with Gasteiger partial charge in [-0.1, -0.05) is 49.7 Å². The van der Waals surface area contributed by atoms with Gasteiger partial charge >= 0.3 is 0 Å². The van der Waals surface area contributed by atoms with Crippen LogP contribution in [-0.4, -0.2) is 40.5 Å². The molecule has 152 valence electrons. The minimum atomic E-state index is -0.770. The van der Waals surface area contributed by atoms with Gasteiger partial charge < -0.3 is 19.8 Å². The zero-order valence-electron chi connectivity index (χ0n) is 17.0. The lowest BCUT2D eigenvalue weighted by atomic mass is 9.94. The average molecular weight is 395 g/mol. The number of phenolic OH excluding ortho intramolecular Hbond substituents is 1. The molecule has 0 bridgehead atoms. The average Bonchev–Trinajstić information content (AvgIpc) is 2.93. The predicted octanol–water partition coefficient (Wildman–Crippen LogP) is 3.79. The van der Waals surface area contributed by atoms with E-state index >= 15 is 0 Å². The summed E-state index contributed by atoms with van der Waals surface area (Å²) in [7, 11) is 1.43. The van der Waals surface area contributed by atoms with Crippen molar-refractivity contribution in [2.75, 3.05) is 13.7 Å². The molecule has 0 aliphatic carbocycles. The minimum absolute atomic E-state index is 0.0345. The number of ketones is 1. The number of amides is 1. The lowest BCUT2D eigenvalue weighted by Gasteiger charge is -2.27. The van der Waals surface area contributed by atoms with Crippen molar-refractivity contribution in [1.29, 1.82) is 0 Å². The smallest absolute Gasteiger partial charge is 0.295 e. The second-order valence-corrected chi connectivity index (χ2v) is 7.64. The second kappa shape index (κ2) is 7.99. The van der Waals surface area contributed by atoms with Crippen molar-refractivity contribution in [2.24, 2.45) is 5.92 Å². The maximum absolute atomic E-state index is 12.9. The number of aliphatic hydroxyl groups excluding tert-OH is 1. The second-order valence-electron chi connectivity index (χ2n) is 7.64. The maximum Gasteiger partial charge on any atom is 0.295 e. The van der Waals surface area contributed by atoms with Gasteiger partial charge in [-0.25, -0.2) is 0 Å². The maximum atomic E-state index is 12.9. The highest BCUT2D eigenvalue weighted by Crippen LogP contribution is 2.42. The van der Waals surface area contributed by atoms with Gasteiger partial charge in [-0.05, 0) is 30.5 Å². The molecule has 1 unspecified atom stereocenters. The summed E-state index contributed by atoms with van der Waals surface area (Å²) in [5.74, 6) is -1.28. The zero-order valence-corrected chi connectivity index (χ0v) is 17.0. The number of rotatable bonds is 5. The molecular weight excluding hydrogens is 370 g/mol. The number of carbonyl (C=O) groups is 2. The Kier molecular flexibility index (Phi) is 5.64. The Morgan fingerprint density at radius 2 is 1.79 bits per heavy atom. The summed E-state index contributed by atoms with van der Waals surface area (Å²) >= 11 is 0. The first-order valence-electron chi connectivity index (χ1n) is 9.47. The van der Waals surface area contributed by atoms with Crippen molar-refractivity contribution in [2.45, 2.75) is 26.8 Å². The molecule has 1 atom stereocenters. The summed E-state index contributed by atoms with van der Waals surface area (Å²) in [4.78, 5) is 27.2. The molecule has 0 aromatic heterocycles. The standard InChI is InChI=1S/C23H25NO5/c1-13(2)12-24-20(16-9-10-17(25)18(11-16)29-4)19(22(27)23(24)28)21(26)15-7-5-14(3)6-8-15/h5-11,13,20,25-26H,12H2,1-4H3. The fraction of sp³-hybridized carbons (Fsp3) is 0.304. The normalized spacial score (nSPS) is 18.5. The number of nitrogens with zero attached hydrogens (tertiary/aromatic N) is 1. The molecule has 6 heteroatoms. The van der Waals surface area contributed by atoms with Gasteiger partial charge in [0, 0.05) is 12.1 Å². The SMILES string of the molecule is COc1cc(C2C(=C(O)c3ccc(C)cc3)C(=O)C(=O)N2CC(C)C)ccc1O. The summed E-state index contributed by atoms with van der Waals surface area (Å²) < 4.78 is 5.19. The number of hydrogen-bond donors (Lipinski definition) is 2. The highest BCUT2D eigenvalue weighted by atomic mass is 16.5. The van der Waals surface area contributed by atoms with Gasteiger partial charge in [0.25, 0.3) is 11.7 Å². The molecule has 3 rings (SSSR count). The molecule has 0 spiro atoms. The van der Waals surface area contributed by atoms with Gasteiger partial charge in [0.1, 0.15) is 5.76 Å². The van der Waals surface area contributed by atoms with Gasteiger partial charge in [-0.2, -0.15) is 0 Å². The van der Waals surface area contributed by atoms with E-state index in [0.717, 1.165) is 5.56 Å². The summed E-state index contributed by atoms with van der Waals surface area (Å²) in [6.45, 7) is 6.18. The van der Waals surface area contributed by atoms with Crippen LogP contribution in [0, 0.1) is 12.8 Å². The van der Waals surface area contributed by atoms with Crippen LogP contribution in [-0.2, 0) is 9.59 Å². The number of aryl methyl sites for hydroxylation is 1. The number of aromatic hydroxyl groups is 1. The Morgan fingerprint density at radius 3 is 2.38 bits per heavy atom. The fourth-order valence-corrected chi connectivity index (χ4v) is 3.54.